The number of nitrogens with one attached hydrogen (secondary N) is 2. The van der Waals surface area contributed by atoms with Crippen LogP contribution in [0.3, 0.4) is 0 Å². The minimum absolute atomic E-state index is 0.0819. The third-order valence-corrected chi connectivity index (χ3v) is 8.01. The minimum Gasteiger partial charge on any atom is -0.340 e. The summed E-state index contributed by atoms with van der Waals surface area (Å²) in [6, 6.07) is 18.4. The Bertz CT molecular complexity index is 1560. The summed E-state index contributed by atoms with van der Waals surface area (Å²) in [5.41, 5.74) is 5.70. The summed E-state index contributed by atoms with van der Waals surface area (Å²) in [7, 11) is 0. The van der Waals surface area contributed by atoms with E-state index in [1.54, 1.807) is 17.8 Å². The quantitative estimate of drug-likeness (QED) is 0.275. The monoisotopic (exact) mass is 555 g/mol. The largest absolute Gasteiger partial charge is 0.340 e. The van der Waals surface area contributed by atoms with Crippen molar-refractivity contribution in [2.75, 3.05) is 22.9 Å². The van der Waals surface area contributed by atoms with E-state index in [0.29, 0.717) is 22.5 Å². The second kappa shape index (κ2) is 11.4. The molecule has 0 saturated carbocycles. The predicted octanol–water partition coefficient (Wildman–Crippen LogP) is 6.23. The number of thioether (sulfide) groups is 1. The fourth-order valence-corrected chi connectivity index (χ4v) is 5.99. The van der Waals surface area contributed by atoms with Crippen LogP contribution in [0.4, 0.5) is 17.1 Å². The van der Waals surface area contributed by atoms with Gasteiger partial charge in [-0.05, 0) is 68.7 Å². The number of nitrogens with zero attached hydrogens (tertiary/aromatic N) is 3. The van der Waals surface area contributed by atoms with Crippen LogP contribution in [0.2, 0.25) is 0 Å². The summed E-state index contributed by atoms with van der Waals surface area (Å²) in [6.07, 6.45) is 0.960. The molecule has 1 unspecified atom stereocenters. The average molecular weight is 556 g/mol. The zero-order valence-corrected chi connectivity index (χ0v) is 23.2. The van der Waals surface area contributed by atoms with Crippen molar-refractivity contribution in [2.24, 2.45) is 4.99 Å². The highest BCUT2D eigenvalue weighted by Crippen LogP contribution is 2.40. The number of allylic oxidation sites excluding steroid dienone is 1. The Morgan fingerprint density at radius 2 is 1.77 bits per heavy atom. The number of non-ortho nitro benzene ring substituents is 1. The smallest absolute Gasteiger partial charge is 0.269 e. The van der Waals surface area contributed by atoms with Gasteiger partial charge in [0, 0.05) is 41.4 Å². The van der Waals surface area contributed by atoms with Gasteiger partial charge in [-0.2, -0.15) is 0 Å². The molecule has 0 aliphatic carbocycles. The molecule has 5 rings (SSSR count). The number of fused-ring (bicyclic) bond motifs is 1. The molecule has 1 atom stereocenters. The van der Waals surface area contributed by atoms with E-state index in [9.17, 15) is 19.7 Å². The van der Waals surface area contributed by atoms with E-state index in [4.69, 9.17) is 4.99 Å². The van der Waals surface area contributed by atoms with Crippen LogP contribution in [0.5, 0.6) is 0 Å². The lowest BCUT2D eigenvalue weighted by atomic mass is 9.93. The number of amides is 2. The summed E-state index contributed by atoms with van der Waals surface area (Å²) in [6.45, 7) is 6.60. The SMILES string of the molecule is CC1=C(C(=O)Nc2ccc(C)cc2C)C(c2cccc(NC(=O)c3ccc([N+](=O)[O-])cc3)c2)N2CCCSC2=N1. The molecule has 9 nitrogen and oxygen atoms in total. The molecule has 2 aliphatic rings. The fraction of sp³-hybridized carbons (Fsp3) is 0.233. The molecule has 1 fully saturated rings. The van der Waals surface area contributed by atoms with Crippen molar-refractivity contribution < 1.29 is 14.5 Å². The van der Waals surface area contributed by atoms with Crippen LogP contribution in [-0.4, -0.2) is 39.1 Å². The molecule has 1 saturated heterocycles. The summed E-state index contributed by atoms with van der Waals surface area (Å²) < 4.78 is 0. The van der Waals surface area contributed by atoms with E-state index >= 15 is 0 Å². The van der Waals surface area contributed by atoms with Gasteiger partial charge >= 0.3 is 0 Å². The van der Waals surface area contributed by atoms with Gasteiger partial charge in [0.1, 0.15) is 0 Å². The second-order valence-electron chi connectivity index (χ2n) is 9.85. The number of nitro benzene ring substituents is 1. The van der Waals surface area contributed by atoms with Crippen molar-refractivity contribution in [1.29, 1.82) is 0 Å². The number of nitro groups is 1. The van der Waals surface area contributed by atoms with Crippen molar-refractivity contribution in [1.82, 2.24) is 4.90 Å². The highest BCUT2D eigenvalue weighted by molar-refractivity contribution is 8.13. The van der Waals surface area contributed by atoms with Crippen molar-refractivity contribution in [3.05, 3.63) is 110 Å². The molecule has 0 radical (unpaired) electrons. The average Bonchev–Trinajstić information content (AvgIpc) is 2.94. The number of aryl methyl sites for hydroxylation is 2. The van der Waals surface area contributed by atoms with Gasteiger partial charge in [-0.3, -0.25) is 19.7 Å². The van der Waals surface area contributed by atoms with Gasteiger partial charge in [-0.25, -0.2) is 4.99 Å². The molecule has 2 amide bonds. The molecule has 0 bridgehead atoms. The van der Waals surface area contributed by atoms with Crippen molar-refractivity contribution >= 4 is 45.8 Å². The van der Waals surface area contributed by atoms with E-state index in [0.717, 1.165) is 46.3 Å². The first-order valence-electron chi connectivity index (χ1n) is 12.9. The topological polar surface area (TPSA) is 117 Å². The summed E-state index contributed by atoms with van der Waals surface area (Å²) in [4.78, 5) is 44.1. The van der Waals surface area contributed by atoms with Crippen LogP contribution < -0.4 is 10.6 Å². The zero-order chi connectivity index (χ0) is 28.4. The van der Waals surface area contributed by atoms with Crippen molar-refractivity contribution in [3.8, 4) is 0 Å². The number of carbonyl (C=O) groups is 2. The van der Waals surface area contributed by atoms with Crippen LogP contribution in [0.1, 0.15) is 46.4 Å². The van der Waals surface area contributed by atoms with E-state index in [1.165, 1.54) is 24.3 Å². The summed E-state index contributed by atoms with van der Waals surface area (Å²) in [5.74, 6) is 0.365. The molecule has 2 N–H and O–H groups in total. The molecule has 40 heavy (non-hydrogen) atoms. The maximum atomic E-state index is 13.8. The number of benzene rings is 3. The maximum Gasteiger partial charge on any atom is 0.269 e. The number of hydrogen-bond donors (Lipinski definition) is 2. The van der Waals surface area contributed by atoms with E-state index in [-0.39, 0.29) is 23.5 Å². The van der Waals surface area contributed by atoms with Gasteiger partial charge in [0.2, 0.25) is 0 Å². The zero-order valence-electron chi connectivity index (χ0n) is 22.4. The normalized spacial score (nSPS) is 16.6. The third-order valence-electron chi connectivity index (χ3n) is 6.93. The van der Waals surface area contributed by atoms with Crippen LogP contribution in [-0.2, 0) is 4.79 Å². The number of aliphatic imine (C=N–C) groups is 1. The number of carbonyl (C=O) groups excluding carboxylic acids is 2. The van der Waals surface area contributed by atoms with E-state index in [1.807, 2.05) is 57.2 Å². The first kappa shape index (κ1) is 27.1. The molecule has 3 aromatic rings. The molecule has 2 aliphatic heterocycles. The molecule has 3 aromatic carbocycles. The van der Waals surface area contributed by atoms with Crippen LogP contribution in [0.25, 0.3) is 0 Å². The lowest BCUT2D eigenvalue weighted by molar-refractivity contribution is -0.384. The van der Waals surface area contributed by atoms with Gasteiger partial charge in [-0.1, -0.05) is 41.6 Å². The first-order chi connectivity index (χ1) is 19.2. The summed E-state index contributed by atoms with van der Waals surface area (Å²) >= 11 is 1.68. The van der Waals surface area contributed by atoms with Gasteiger partial charge in [0.05, 0.1) is 22.2 Å². The lowest BCUT2D eigenvalue weighted by Gasteiger charge is -2.41. The number of amidine groups is 1. The summed E-state index contributed by atoms with van der Waals surface area (Å²) in [5, 5.41) is 17.8. The lowest BCUT2D eigenvalue weighted by Crippen LogP contribution is -2.43. The molecular weight excluding hydrogens is 526 g/mol. The highest BCUT2D eigenvalue weighted by Gasteiger charge is 2.37. The first-order valence-corrected chi connectivity index (χ1v) is 13.9. The van der Waals surface area contributed by atoms with Crippen molar-refractivity contribution in [2.45, 2.75) is 33.2 Å². The Morgan fingerprint density at radius 3 is 2.50 bits per heavy atom. The van der Waals surface area contributed by atoms with Gasteiger partial charge < -0.3 is 15.5 Å². The highest BCUT2D eigenvalue weighted by atomic mass is 32.2. The van der Waals surface area contributed by atoms with E-state index in [2.05, 4.69) is 15.5 Å². The van der Waals surface area contributed by atoms with Crippen molar-refractivity contribution in [3.63, 3.8) is 0 Å². The molecule has 2 heterocycles. The Hall–Kier alpha value is -4.44. The standard InChI is InChI=1S/C30H29N5O4S/c1-18-8-13-25(19(2)16-18)33-29(37)26-20(3)31-30-34(14-5-15-40-30)27(26)22-6-4-7-23(17-22)32-28(36)21-9-11-24(12-10-21)35(38)39/h4,6-13,16-17,27H,5,14-15H2,1-3H3,(H,32,36)(H,33,37). The number of hydrogen-bond acceptors (Lipinski definition) is 7. The Morgan fingerprint density at radius 1 is 1.00 bits per heavy atom. The minimum atomic E-state index is -0.505. The Labute approximate surface area is 236 Å². The Kier molecular flexibility index (Phi) is 7.70. The molecular formula is C30H29N5O4S. The molecule has 204 valence electrons. The van der Waals surface area contributed by atoms with Gasteiger partial charge in [0.15, 0.2) is 5.17 Å². The molecule has 10 heteroatoms. The van der Waals surface area contributed by atoms with Gasteiger partial charge in [-0.15, -0.1) is 0 Å². The Balaban J connectivity index is 1.46. The van der Waals surface area contributed by atoms with Crippen LogP contribution in [0, 0.1) is 24.0 Å². The third kappa shape index (κ3) is 5.62. The maximum absolute atomic E-state index is 13.8. The van der Waals surface area contributed by atoms with Crippen LogP contribution in [0.15, 0.2) is 83.0 Å². The fourth-order valence-electron chi connectivity index (χ4n) is 4.97. The number of anilines is 2. The van der Waals surface area contributed by atoms with E-state index < -0.39 is 4.92 Å². The molecule has 0 spiro atoms. The van der Waals surface area contributed by atoms with Gasteiger partial charge in [0.25, 0.3) is 17.5 Å². The molecule has 0 aromatic heterocycles. The van der Waals surface area contributed by atoms with Crippen LogP contribution >= 0.6 is 11.8 Å². The number of rotatable bonds is 6. The predicted molar refractivity (Wildman–Crippen MR) is 159 cm³/mol. The second-order valence-corrected chi connectivity index (χ2v) is 10.9.